The van der Waals surface area contributed by atoms with E-state index in [2.05, 4.69) is 33.0 Å². The molecular weight excluding hydrogens is 214 g/mol. The summed E-state index contributed by atoms with van der Waals surface area (Å²) in [5.41, 5.74) is 2.13. The van der Waals surface area contributed by atoms with Crippen LogP contribution in [0.4, 0.5) is 5.69 Å². The number of hydrogen-bond donors (Lipinski definition) is 1. The van der Waals surface area contributed by atoms with E-state index in [0.29, 0.717) is 6.04 Å². The van der Waals surface area contributed by atoms with E-state index < -0.39 is 0 Å². The van der Waals surface area contributed by atoms with Crippen LogP contribution in [0.2, 0.25) is 0 Å². The zero-order chi connectivity index (χ0) is 11.5. The number of nitrogens with zero attached hydrogens (tertiary/aromatic N) is 4. The van der Waals surface area contributed by atoms with Gasteiger partial charge in [0.1, 0.15) is 6.33 Å². The molecule has 1 aliphatic rings. The minimum Gasteiger partial charge on any atom is -0.382 e. The molecule has 1 aliphatic carbocycles. The molecule has 2 aromatic rings. The molecule has 1 aromatic carbocycles. The second kappa shape index (κ2) is 4.53. The van der Waals surface area contributed by atoms with Crippen molar-refractivity contribution in [2.24, 2.45) is 0 Å². The summed E-state index contributed by atoms with van der Waals surface area (Å²) in [4.78, 5) is 0. The summed E-state index contributed by atoms with van der Waals surface area (Å²) >= 11 is 0. The summed E-state index contributed by atoms with van der Waals surface area (Å²) in [6.07, 6.45) is 6.83. The van der Waals surface area contributed by atoms with Gasteiger partial charge in [-0.05, 0) is 41.5 Å². The molecule has 0 radical (unpaired) electrons. The first-order valence-corrected chi connectivity index (χ1v) is 6.02. The fourth-order valence-electron chi connectivity index (χ4n) is 2.32. The molecule has 17 heavy (non-hydrogen) atoms. The Morgan fingerprint density at radius 3 is 2.88 bits per heavy atom. The van der Waals surface area contributed by atoms with Gasteiger partial charge in [0, 0.05) is 11.7 Å². The molecule has 3 rings (SSSR count). The predicted octanol–water partition coefficient (Wildman–Crippen LogP) is 2.02. The van der Waals surface area contributed by atoms with Crippen LogP contribution in [-0.2, 0) is 0 Å². The lowest BCUT2D eigenvalue weighted by atomic mass is 10.2. The topological polar surface area (TPSA) is 55.6 Å². The minimum atomic E-state index is 0.624. The summed E-state index contributed by atoms with van der Waals surface area (Å²) < 4.78 is 1.67. The van der Waals surface area contributed by atoms with Crippen molar-refractivity contribution in [3.63, 3.8) is 0 Å². The van der Waals surface area contributed by atoms with Crippen molar-refractivity contribution in [2.45, 2.75) is 31.7 Å². The van der Waals surface area contributed by atoms with Gasteiger partial charge in [-0.3, -0.25) is 0 Å². The molecule has 1 aromatic heterocycles. The van der Waals surface area contributed by atoms with Gasteiger partial charge in [0.05, 0.1) is 5.69 Å². The zero-order valence-corrected chi connectivity index (χ0v) is 9.58. The maximum absolute atomic E-state index is 3.89. The van der Waals surface area contributed by atoms with Gasteiger partial charge in [-0.25, -0.2) is 4.68 Å². The Labute approximate surface area is 99.8 Å². The number of aromatic nitrogens is 4. The van der Waals surface area contributed by atoms with Gasteiger partial charge < -0.3 is 5.32 Å². The van der Waals surface area contributed by atoms with Crippen molar-refractivity contribution in [1.29, 1.82) is 0 Å². The third kappa shape index (κ3) is 2.27. The number of hydrogen-bond acceptors (Lipinski definition) is 4. The molecule has 5 heteroatoms. The van der Waals surface area contributed by atoms with E-state index in [9.17, 15) is 0 Å². The SMILES string of the molecule is c1cc(NC2CCCC2)cc(-n2cnnn2)c1. The molecule has 1 fully saturated rings. The second-order valence-corrected chi connectivity index (χ2v) is 4.43. The third-order valence-corrected chi connectivity index (χ3v) is 3.19. The average molecular weight is 229 g/mol. The number of benzene rings is 1. The Morgan fingerprint density at radius 1 is 1.24 bits per heavy atom. The van der Waals surface area contributed by atoms with E-state index in [1.54, 1.807) is 11.0 Å². The van der Waals surface area contributed by atoms with Crippen molar-refractivity contribution in [2.75, 3.05) is 5.32 Å². The van der Waals surface area contributed by atoms with E-state index in [1.165, 1.54) is 25.7 Å². The fourth-order valence-corrected chi connectivity index (χ4v) is 2.32. The highest BCUT2D eigenvalue weighted by Crippen LogP contribution is 2.23. The Morgan fingerprint density at radius 2 is 2.12 bits per heavy atom. The zero-order valence-electron chi connectivity index (χ0n) is 9.58. The predicted molar refractivity (Wildman–Crippen MR) is 65.0 cm³/mol. The summed E-state index contributed by atoms with van der Waals surface area (Å²) in [5.74, 6) is 0. The first-order chi connectivity index (χ1) is 8.42. The molecular formula is C12H15N5. The van der Waals surface area contributed by atoms with E-state index in [1.807, 2.05) is 12.1 Å². The summed E-state index contributed by atoms with van der Waals surface area (Å²) in [5, 5.41) is 14.7. The number of tetrazole rings is 1. The molecule has 0 bridgehead atoms. The lowest BCUT2D eigenvalue weighted by molar-refractivity contribution is 0.754. The van der Waals surface area contributed by atoms with E-state index >= 15 is 0 Å². The first kappa shape index (κ1) is 10.3. The Balaban J connectivity index is 1.79. The van der Waals surface area contributed by atoms with Crippen LogP contribution in [0.3, 0.4) is 0 Å². The molecule has 1 heterocycles. The van der Waals surface area contributed by atoms with Crippen LogP contribution in [0.15, 0.2) is 30.6 Å². The monoisotopic (exact) mass is 229 g/mol. The third-order valence-electron chi connectivity index (χ3n) is 3.19. The summed E-state index contributed by atoms with van der Waals surface area (Å²) in [7, 11) is 0. The number of nitrogens with one attached hydrogen (secondary N) is 1. The van der Waals surface area contributed by atoms with Gasteiger partial charge in [0.15, 0.2) is 0 Å². The minimum absolute atomic E-state index is 0.624. The van der Waals surface area contributed by atoms with Gasteiger partial charge in [0.2, 0.25) is 0 Å². The first-order valence-electron chi connectivity index (χ1n) is 6.02. The van der Waals surface area contributed by atoms with Crippen molar-refractivity contribution in [3.8, 4) is 5.69 Å². The van der Waals surface area contributed by atoms with Gasteiger partial charge in [-0.1, -0.05) is 18.9 Å². The summed E-state index contributed by atoms with van der Waals surface area (Å²) in [6, 6.07) is 8.81. The highest BCUT2D eigenvalue weighted by molar-refractivity contribution is 5.51. The smallest absolute Gasteiger partial charge is 0.143 e. The Bertz CT molecular complexity index is 473. The van der Waals surface area contributed by atoms with Gasteiger partial charge in [0.25, 0.3) is 0 Å². The molecule has 0 unspecified atom stereocenters. The van der Waals surface area contributed by atoms with Crippen LogP contribution < -0.4 is 5.32 Å². The fraction of sp³-hybridized carbons (Fsp3) is 0.417. The maximum Gasteiger partial charge on any atom is 0.143 e. The standard InChI is InChI=1S/C12H15N5/c1-2-5-10(4-1)14-11-6-3-7-12(8-11)17-9-13-15-16-17/h3,6-10,14H,1-2,4-5H2. The molecule has 0 atom stereocenters. The van der Waals surface area contributed by atoms with Crippen LogP contribution in [0.1, 0.15) is 25.7 Å². The van der Waals surface area contributed by atoms with Crippen molar-refractivity contribution in [1.82, 2.24) is 20.2 Å². The highest BCUT2D eigenvalue weighted by Gasteiger charge is 2.14. The molecule has 0 saturated heterocycles. The quantitative estimate of drug-likeness (QED) is 0.874. The molecule has 88 valence electrons. The molecule has 0 spiro atoms. The second-order valence-electron chi connectivity index (χ2n) is 4.43. The Hall–Kier alpha value is -1.91. The molecule has 0 amide bonds. The number of anilines is 1. The average Bonchev–Trinajstić information content (AvgIpc) is 3.01. The van der Waals surface area contributed by atoms with Gasteiger partial charge in [-0.2, -0.15) is 0 Å². The Kier molecular flexibility index (Phi) is 2.73. The van der Waals surface area contributed by atoms with Crippen LogP contribution in [-0.4, -0.2) is 26.2 Å². The largest absolute Gasteiger partial charge is 0.382 e. The molecule has 1 saturated carbocycles. The maximum atomic E-state index is 3.89. The van der Waals surface area contributed by atoms with E-state index in [4.69, 9.17) is 0 Å². The van der Waals surface area contributed by atoms with E-state index in [-0.39, 0.29) is 0 Å². The van der Waals surface area contributed by atoms with Crippen LogP contribution >= 0.6 is 0 Å². The van der Waals surface area contributed by atoms with E-state index in [0.717, 1.165) is 11.4 Å². The highest BCUT2D eigenvalue weighted by atomic mass is 15.5. The van der Waals surface area contributed by atoms with Crippen LogP contribution in [0.5, 0.6) is 0 Å². The number of rotatable bonds is 3. The lowest BCUT2D eigenvalue weighted by Gasteiger charge is -2.14. The van der Waals surface area contributed by atoms with Gasteiger partial charge in [-0.15, -0.1) is 5.10 Å². The van der Waals surface area contributed by atoms with Gasteiger partial charge >= 0.3 is 0 Å². The van der Waals surface area contributed by atoms with Crippen LogP contribution in [0, 0.1) is 0 Å². The lowest BCUT2D eigenvalue weighted by Crippen LogP contribution is -2.14. The molecule has 5 nitrogen and oxygen atoms in total. The molecule has 0 aliphatic heterocycles. The normalized spacial score (nSPS) is 16.2. The van der Waals surface area contributed by atoms with Crippen molar-refractivity contribution in [3.05, 3.63) is 30.6 Å². The van der Waals surface area contributed by atoms with Crippen molar-refractivity contribution >= 4 is 5.69 Å². The summed E-state index contributed by atoms with van der Waals surface area (Å²) in [6.45, 7) is 0. The van der Waals surface area contributed by atoms with Crippen molar-refractivity contribution < 1.29 is 0 Å². The van der Waals surface area contributed by atoms with Crippen LogP contribution in [0.25, 0.3) is 5.69 Å². The molecule has 1 N–H and O–H groups in total.